The zero-order valence-electron chi connectivity index (χ0n) is 23.7. The summed E-state index contributed by atoms with van der Waals surface area (Å²) < 4.78 is 21.3. The van der Waals surface area contributed by atoms with Crippen LogP contribution in [0.5, 0.6) is 0 Å². The number of hydrogen-bond acceptors (Lipinski definition) is 19. The topological polar surface area (TPSA) is 346 Å². The van der Waals surface area contributed by atoms with Gasteiger partial charge in [-0.3, -0.25) is 4.79 Å². The second-order valence-electron chi connectivity index (χ2n) is 10.1. The van der Waals surface area contributed by atoms with Crippen LogP contribution in [-0.4, -0.2) is 186 Å². The maximum Gasteiger partial charge on any atom is 1.00 e. The summed E-state index contributed by atoms with van der Waals surface area (Å²) >= 11 is 0. The number of amides is 1. The molecule has 250 valence electrons. The first-order valence-electron chi connectivity index (χ1n) is 13.0. The first kappa shape index (κ1) is 41.0. The van der Waals surface area contributed by atoms with Crippen LogP contribution in [-0.2, 0) is 33.3 Å². The maximum atomic E-state index is 12.4. The van der Waals surface area contributed by atoms with Gasteiger partial charge in [-0.05, 0) is 0 Å². The Labute approximate surface area is 271 Å². The Morgan fingerprint density at radius 3 is 2.11 bits per heavy atom. The first-order valence-corrected chi connectivity index (χ1v) is 13.0. The fraction of sp³-hybridized carbons (Fsp3) is 0.870. The van der Waals surface area contributed by atoms with Crippen LogP contribution in [0.3, 0.4) is 0 Å². The summed E-state index contributed by atoms with van der Waals surface area (Å²) in [6, 6.07) is -1.60. The van der Waals surface area contributed by atoms with E-state index in [-0.39, 0.29) is 35.8 Å². The molecule has 1 amide bonds. The molecule has 15 atom stereocenters. The molecule has 2 aliphatic heterocycles. The summed E-state index contributed by atoms with van der Waals surface area (Å²) in [4.78, 5) is 35.0. The second-order valence-corrected chi connectivity index (χ2v) is 10.1. The van der Waals surface area contributed by atoms with Gasteiger partial charge in [0.15, 0.2) is 12.6 Å². The normalized spacial score (nSPS) is 36.5. The van der Waals surface area contributed by atoms with Gasteiger partial charge in [0.1, 0.15) is 73.1 Å². The molecule has 0 saturated carbocycles. The van der Waals surface area contributed by atoms with Gasteiger partial charge in [0.05, 0.1) is 32.0 Å². The van der Waals surface area contributed by atoms with Crippen molar-refractivity contribution < 1.29 is 124 Å². The third-order valence-electron chi connectivity index (χ3n) is 7.00. The Kier molecular flexibility index (Phi) is 16.6. The molecule has 2 rings (SSSR count). The van der Waals surface area contributed by atoms with Crippen molar-refractivity contribution in [3.05, 3.63) is 0 Å². The van der Waals surface area contributed by atoms with Gasteiger partial charge < -0.3 is 95.1 Å². The molecular formula is C23H38NNaO19. The fourth-order valence-corrected chi connectivity index (χ4v) is 4.70. The van der Waals surface area contributed by atoms with E-state index in [0.29, 0.717) is 0 Å². The van der Waals surface area contributed by atoms with Crippen molar-refractivity contribution in [3.8, 4) is 0 Å². The van der Waals surface area contributed by atoms with Crippen molar-refractivity contribution >= 4 is 18.2 Å². The summed E-state index contributed by atoms with van der Waals surface area (Å²) in [7, 11) is 0. The number of carboxylic acids is 1. The maximum absolute atomic E-state index is 12.4. The Balaban J connectivity index is 0.00000968. The number of carbonyl (C=O) groups is 3. The average Bonchev–Trinajstić information content (AvgIpc) is 2.97. The minimum Gasteiger partial charge on any atom is -0.544 e. The van der Waals surface area contributed by atoms with Crippen LogP contribution in [0.25, 0.3) is 0 Å². The monoisotopic (exact) mass is 655 g/mol. The molecule has 1 unspecified atom stereocenters. The standard InChI is InChI=1S/C23H39NO19.Na/c1-7(29)24-13-8(30)2-23(22(38)39,42-19(13)15(35)10(32)4-26)43-20-16(36)12(6-28)40-21(17(20)37)41-18(11(33)5-27)14(34)9(31)3-25;/h3,8-21,26-28,30-37H,2,4-6H2,1H3,(H,24,29)(H,38,39);/q;+1/p-1/t8-,9-,10+,11+,12+,13+,14+,15+,16-,17+,18?,19+,20-,21-,23-;/m0./s1. The number of aliphatic hydroxyl groups excluding tert-OH is 11. The van der Waals surface area contributed by atoms with Crippen LogP contribution in [0, 0.1) is 0 Å². The molecule has 0 aromatic rings. The van der Waals surface area contributed by atoms with Crippen LogP contribution in [0.15, 0.2) is 0 Å². The van der Waals surface area contributed by atoms with Gasteiger partial charge in [-0.25, -0.2) is 0 Å². The number of nitrogens with one attached hydrogen (secondary N) is 1. The molecule has 2 aliphatic rings. The third-order valence-corrected chi connectivity index (χ3v) is 7.00. The van der Waals surface area contributed by atoms with Crippen molar-refractivity contribution in [2.75, 3.05) is 19.8 Å². The molecule has 21 heteroatoms. The van der Waals surface area contributed by atoms with E-state index in [2.05, 4.69) is 5.32 Å². The molecule has 0 bridgehead atoms. The SMILES string of the molecule is CC(=O)N[C@H]1[C@H]([C@H](O)[C@H](O)CO)O[C@@](O[C@H]2[C@@H](O)[C@@H](CO)O[C@@H](OC([C@H](O)CO)[C@H](O)[C@@H](O)C=O)[C@@H]2O)(C(=O)[O-])C[C@@H]1O.[Na+]. The third kappa shape index (κ3) is 9.30. The smallest absolute Gasteiger partial charge is 0.544 e. The minimum absolute atomic E-state index is 0. The van der Waals surface area contributed by atoms with Crippen molar-refractivity contribution in [1.29, 1.82) is 0 Å². The second kappa shape index (κ2) is 17.8. The van der Waals surface area contributed by atoms with Crippen LogP contribution in [0.1, 0.15) is 13.3 Å². The van der Waals surface area contributed by atoms with E-state index in [0.717, 1.165) is 6.92 Å². The van der Waals surface area contributed by atoms with Gasteiger partial charge in [0.25, 0.3) is 0 Å². The largest absolute Gasteiger partial charge is 1.00 e. The molecule has 2 heterocycles. The van der Waals surface area contributed by atoms with E-state index in [1.807, 2.05) is 0 Å². The molecule has 0 aromatic heterocycles. The first-order chi connectivity index (χ1) is 20.1. The molecular weight excluding hydrogens is 617 g/mol. The molecule has 44 heavy (non-hydrogen) atoms. The molecule has 12 N–H and O–H groups in total. The van der Waals surface area contributed by atoms with Crippen LogP contribution in [0.2, 0.25) is 0 Å². The average molecular weight is 656 g/mol. The zero-order chi connectivity index (χ0) is 32.8. The van der Waals surface area contributed by atoms with Crippen molar-refractivity contribution in [1.82, 2.24) is 5.32 Å². The number of ether oxygens (including phenoxy) is 4. The van der Waals surface area contributed by atoms with Crippen molar-refractivity contribution in [3.63, 3.8) is 0 Å². The summed E-state index contributed by atoms with van der Waals surface area (Å²) in [5, 5.41) is 126. The van der Waals surface area contributed by atoms with Crippen molar-refractivity contribution in [2.24, 2.45) is 0 Å². The Morgan fingerprint density at radius 2 is 1.64 bits per heavy atom. The molecule has 0 radical (unpaired) electrons. The van der Waals surface area contributed by atoms with E-state index in [9.17, 15) is 75.7 Å². The summed E-state index contributed by atoms with van der Waals surface area (Å²) in [6.07, 6.45) is -28.4. The predicted octanol–water partition coefficient (Wildman–Crippen LogP) is -12.7. The quantitative estimate of drug-likeness (QED) is 0.0575. The van der Waals surface area contributed by atoms with Gasteiger partial charge in [-0.2, -0.15) is 0 Å². The van der Waals surface area contributed by atoms with Gasteiger partial charge in [0, 0.05) is 13.3 Å². The number of aliphatic hydroxyl groups is 11. The van der Waals surface area contributed by atoms with E-state index in [4.69, 9.17) is 18.9 Å². The molecule has 0 aromatic carbocycles. The molecule has 0 spiro atoms. The molecule has 0 aliphatic carbocycles. The Hall–Kier alpha value is -0.990. The van der Waals surface area contributed by atoms with Gasteiger partial charge in [-0.15, -0.1) is 0 Å². The zero-order valence-corrected chi connectivity index (χ0v) is 25.7. The number of aliphatic carboxylic acids is 1. The summed E-state index contributed by atoms with van der Waals surface area (Å²) in [5.74, 6) is -6.22. The summed E-state index contributed by atoms with van der Waals surface area (Å²) in [5.41, 5.74) is 0. The van der Waals surface area contributed by atoms with Gasteiger partial charge in [0.2, 0.25) is 11.7 Å². The van der Waals surface area contributed by atoms with Crippen LogP contribution < -0.4 is 40.0 Å². The van der Waals surface area contributed by atoms with Gasteiger partial charge in [-0.1, -0.05) is 0 Å². The summed E-state index contributed by atoms with van der Waals surface area (Å²) in [6.45, 7) is -2.23. The molecule has 20 nitrogen and oxygen atoms in total. The van der Waals surface area contributed by atoms with Crippen LogP contribution >= 0.6 is 0 Å². The number of rotatable bonds is 15. The number of carboxylic acid groups (broad SMARTS) is 1. The predicted molar refractivity (Wildman–Crippen MR) is 129 cm³/mol. The molecule has 2 saturated heterocycles. The fourth-order valence-electron chi connectivity index (χ4n) is 4.70. The van der Waals surface area contributed by atoms with E-state index in [1.165, 1.54) is 0 Å². The number of carbonyl (C=O) groups excluding carboxylic acids is 3. The van der Waals surface area contributed by atoms with Crippen LogP contribution in [0.4, 0.5) is 0 Å². The van der Waals surface area contributed by atoms with Crippen molar-refractivity contribution in [2.45, 2.75) is 105 Å². The number of aldehydes is 1. The number of hydrogen-bond donors (Lipinski definition) is 12. The molecule has 2 fully saturated rings. The van der Waals surface area contributed by atoms with Gasteiger partial charge >= 0.3 is 29.6 Å². The van der Waals surface area contributed by atoms with E-state index >= 15 is 0 Å². The van der Waals surface area contributed by atoms with E-state index < -0.39 is 129 Å². The Bertz CT molecular complexity index is 934. The Morgan fingerprint density at radius 1 is 1.05 bits per heavy atom. The van der Waals surface area contributed by atoms with E-state index in [1.54, 1.807) is 0 Å². The minimum atomic E-state index is -3.18.